The lowest BCUT2D eigenvalue weighted by Gasteiger charge is -2.11. The topological polar surface area (TPSA) is 67.4 Å². The van der Waals surface area contributed by atoms with Crippen molar-refractivity contribution < 1.29 is 14.3 Å². The zero-order chi connectivity index (χ0) is 20.2. The smallest absolute Gasteiger partial charge is 0.258 e. The minimum absolute atomic E-state index is 0.0700. The molecule has 2 amide bonds. The fourth-order valence-electron chi connectivity index (χ4n) is 3.07. The first-order valence-electron chi connectivity index (χ1n) is 9.57. The Labute approximate surface area is 177 Å². The van der Waals surface area contributed by atoms with Crippen molar-refractivity contribution in [2.45, 2.75) is 19.4 Å². The number of rotatable bonds is 7. The summed E-state index contributed by atoms with van der Waals surface area (Å²) in [5.41, 5.74) is 1.67. The van der Waals surface area contributed by atoms with Crippen LogP contribution in [0.4, 0.5) is 5.69 Å². The summed E-state index contributed by atoms with van der Waals surface area (Å²) in [6.45, 7) is 0.295. The molecule has 2 N–H and O–H groups in total. The van der Waals surface area contributed by atoms with Gasteiger partial charge in [0.2, 0.25) is 5.91 Å². The van der Waals surface area contributed by atoms with E-state index in [2.05, 4.69) is 26.6 Å². The van der Waals surface area contributed by atoms with E-state index in [-0.39, 0.29) is 24.3 Å². The van der Waals surface area contributed by atoms with Crippen LogP contribution in [0.5, 0.6) is 5.75 Å². The molecule has 0 atom stereocenters. The summed E-state index contributed by atoms with van der Waals surface area (Å²) in [6, 6.07) is 19.3. The summed E-state index contributed by atoms with van der Waals surface area (Å²) < 4.78 is 6.52. The van der Waals surface area contributed by atoms with E-state index in [1.807, 2.05) is 60.7 Å². The third kappa shape index (κ3) is 4.95. The van der Waals surface area contributed by atoms with Gasteiger partial charge in [0.05, 0.1) is 4.47 Å². The molecule has 1 aliphatic rings. The van der Waals surface area contributed by atoms with E-state index < -0.39 is 0 Å². The Hall–Kier alpha value is -2.86. The predicted molar refractivity (Wildman–Crippen MR) is 117 cm³/mol. The highest BCUT2D eigenvalue weighted by molar-refractivity contribution is 9.10. The van der Waals surface area contributed by atoms with Gasteiger partial charge in [-0.25, -0.2) is 0 Å². The number of carbonyl (C=O) groups excluding carboxylic acids is 2. The number of carbonyl (C=O) groups is 2. The summed E-state index contributed by atoms with van der Waals surface area (Å²) >= 11 is 3.56. The maximum Gasteiger partial charge on any atom is 0.258 e. The molecule has 4 rings (SSSR count). The SMILES string of the molecule is O=C(COc1ccc2ccccc2c1Br)NCc1cccc(NC(=O)C2CC2)c1. The quantitative estimate of drug-likeness (QED) is 0.548. The number of fused-ring (bicyclic) bond motifs is 1. The number of hydrogen-bond donors (Lipinski definition) is 2. The summed E-state index contributed by atoms with van der Waals surface area (Å²) in [5, 5.41) is 7.91. The van der Waals surface area contributed by atoms with Crippen molar-refractivity contribution in [3.8, 4) is 5.75 Å². The molecule has 0 heterocycles. The number of amides is 2. The van der Waals surface area contributed by atoms with Gasteiger partial charge in [0, 0.05) is 18.2 Å². The largest absolute Gasteiger partial charge is 0.483 e. The van der Waals surface area contributed by atoms with Gasteiger partial charge < -0.3 is 15.4 Å². The molecule has 0 bridgehead atoms. The van der Waals surface area contributed by atoms with Crippen molar-refractivity contribution in [1.29, 1.82) is 0 Å². The average Bonchev–Trinajstić information content (AvgIpc) is 3.58. The highest BCUT2D eigenvalue weighted by Gasteiger charge is 2.29. The lowest BCUT2D eigenvalue weighted by atomic mass is 10.1. The number of hydrogen-bond acceptors (Lipinski definition) is 3. The maximum atomic E-state index is 12.2. The average molecular weight is 453 g/mol. The lowest BCUT2D eigenvalue weighted by Crippen LogP contribution is -2.28. The van der Waals surface area contributed by atoms with Gasteiger partial charge in [-0.3, -0.25) is 9.59 Å². The molecule has 1 aliphatic carbocycles. The van der Waals surface area contributed by atoms with Crippen molar-refractivity contribution in [2.75, 3.05) is 11.9 Å². The third-order valence-corrected chi connectivity index (χ3v) is 5.64. The van der Waals surface area contributed by atoms with E-state index in [4.69, 9.17) is 4.74 Å². The zero-order valence-electron chi connectivity index (χ0n) is 15.8. The minimum atomic E-state index is -0.211. The van der Waals surface area contributed by atoms with Gasteiger partial charge in [-0.05, 0) is 63.3 Å². The van der Waals surface area contributed by atoms with Gasteiger partial charge in [-0.15, -0.1) is 0 Å². The molecule has 3 aromatic rings. The summed E-state index contributed by atoms with van der Waals surface area (Å²) in [5.74, 6) is 0.645. The van der Waals surface area contributed by atoms with Gasteiger partial charge in [-0.1, -0.05) is 42.5 Å². The molecule has 1 fully saturated rings. The molecule has 148 valence electrons. The van der Waals surface area contributed by atoms with Gasteiger partial charge >= 0.3 is 0 Å². The monoisotopic (exact) mass is 452 g/mol. The fourth-order valence-corrected chi connectivity index (χ4v) is 3.68. The number of benzene rings is 3. The fraction of sp³-hybridized carbons (Fsp3) is 0.217. The second-order valence-electron chi connectivity index (χ2n) is 7.13. The summed E-state index contributed by atoms with van der Waals surface area (Å²) in [6.07, 6.45) is 1.93. The van der Waals surface area contributed by atoms with Gasteiger partial charge in [-0.2, -0.15) is 0 Å². The first kappa shape index (κ1) is 19.5. The van der Waals surface area contributed by atoms with Crippen molar-refractivity contribution in [1.82, 2.24) is 5.32 Å². The molecule has 0 spiro atoms. The van der Waals surface area contributed by atoms with Gasteiger partial charge in [0.15, 0.2) is 6.61 Å². The van der Waals surface area contributed by atoms with Crippen LogP contribution in [0.3, 0.4) is 0 Å². The van der Waals surface area contributed by atoms with Crippen LogP contribution in [0.15, 0.2) is 65.1 Å². The van der Waals surface area contributed by atoms with Crippen LogP contribution in [-0.2, 0) is 16.1 Å². The van der Waals surface area contributed by atoms with Gasteiger partial charge in [0.25, 0.3) is 5.91 Å². The van der Waals surface area contributed by atoms with E-state index in [9.17, 15) is 9.59 Å². The Bertz CT molecular complexity index is 1060. The Morgan fingerprint density at radius 3 is 2.69 bits per heavy atom. The highest BCUT2D eigenvalue weighted by Crippen LogP contribution is 2.33. The van der Waals surface area contributed by atoms with Crippen LogP contribution in [0.25, 0.3) is 10.8 Å². The first-order valence-corrected chi connectivity index (χ1v) is 10.4. The number of ether oxygens (including phenoxy) is 1. The highest BCUT2D eigenvalue weighted by atomic mass is 79.9. The van der Waals surface area contributed by atoms with Crippen LogP contribution in [0, 0.1) is 5.92 Å². The predicted octanol–water partition coefficient (Wildman–Crippen LogP) is 4.65. The standard InChI is InChI=1S/C23H21BrN2O3/c24-22-19-7-2-1-5-16(19)10-11-20(22)29-14-21(27)25-13-15-4-3-6-18(12-15)26-23(28)17-8-9-17/h1-7,10-12,17H,8-9,13-14H2,(H,25,27)(H,26,28). The molecule has 5 nitrogen and oxygen atoms in total. The first-order chi connectivity index (χ1) is 14.1. The van der Waals surface area contributed by atoms with Crippen LogP contribution in [-0.4, -0.2) is 18.4 Å². The summed E-state index contributed by atoms with van der Waals surface area (Å²) in [7, 11) is 0. The minimum Gasteiger partial charge on any atom is -0.483 e. The zero-order valence-corrected chi connectivity index (χ0v) is 17.4. The molecular weight excluding hydrogens is 432 g/mol. The van der Waals surface area contributed by atoms with Crippen molar-refractivity contribution in [2.24, 2.45) is 5.92 Å². The van der Waals surface area contributed by atoms with E-state index in [1.54, 1.807) is 0 Å². The summed E-state index contributed by atoms with van der Waals surface area (Å²) in [4.78, 5) is 24.1. The van der Waals surface area contributed by atoms with Gasteiger partial charge in [0.1, 0.15) is 5.75 Å². The third-order valence-electron chi connectivity index (χ3n) is 4.82. The molecule has 3 aromatic carbocycles. The van der Waals surface area contributed by atoms with Crippen molar-refractivity contribution >= 4 is 44.2 Å². The van der Waals surface area contributed by atoms with Crippen LogP contribution >= 0.6 is 15.9 Å². The molecule has 0 saturated heterocycles. The van der Waals surface area contributed by atoms with Crippen LogP contribution < -0.4 is 15.4 Å². The Morgan fingerprint density at radius 2 is 1.86 bits per heavy atom. The molecular formula is C23H21BrN2O3. The Balaban J connectivity index is 1.30. The molecule has 29 heavy (non-hydrogen) atoms. The van der Waals surface area contributed by atoms with E-state index >= 15 is 0 Å². The number of nitrogens with one attached hydrogen (secondary N) is 2. The van der Waals surface area contributed by atoms with E-state index in [0.717, 1.165) is 39.3 Å². The van der Waals surface area contributed by atoms with Crippen LogP contribution in [0.1, 0.15) is 18.4 Å². The second-order valence-corrected chi connectivity index (χ2v) is 7.92. The molecule has 0 radical (unpaired) electrons. The second kappa shape index (κ2) is 8.66. The van der Waals surface area contributed by atoms with Crippen LogP contribution in [0.2, 0.25) is 0 Å². The molecule has 1 saturated carbocycles. The molecule has 0 aromatic heterocycles. The Kier molecular flexibility index (Phi) is 5.81. The lowest BCUT2D eigenvalue weighted by molar-refractivity contribution is -0.123. The van der Waals surface area contributed by atoms with E-state index in [1.165, 1.54) is 0 Å². The molecule has 0 aliphatic heterocycles. The molecule has 6 heteroatoms. The normalized spacial score (nSPS) is 13.1. The van der Waals surface area contributed by atoms with Crippen molar-refractivity contribution in [3.05, 3.63) is 70.7 Å². The van der Waals surface area contributed by atoms with E-state index in [0.29, 0.717) is 12.3 Å². The van der Waals surface area contributed by atoms with Crippen molar-refractivity contribution in [3.63, 3.8) is 0 Å². The maximum absolute atomic E-state index is 12.2. The molecule has 0 unspecified atom stereocenters. The Morgan fingerprint density at radius 1 is 1.03 bits per heavy atom. The number of halogens is 1. The number of anilines is 1.